The summed E-state index contributed by atoms with van der Waals surface area (Å²) < 4.78 is 32.2. The highest BCUT2D eigenvalue weighted by Gasteiger charge is 2.45. The summed E-state index contributed by atoms with van der Waals surface area (Å²) in [6.45, 7) is 13.3. The van der Waals surface area contributed by atoms with Crippen molar-refractivity contribution in [3.8, 4) is 10.8 Å². The van der Waals surface area contributed by atoms with E-state index in [9.17, 15) is 32.7 Å². The number of benzene rings is 3. The normalized spacial score (nSPS) is 20.8. The van der Waals surface area contributed by atoms with Crippen molar-refractivity contribution in [2.45, 2.75) is 128 Å². The topological polar surface area (TPSA) is 202 Å². The van der Waals surface area contributed by atoms with E-state index in [0.29, 0.717) is 34.1 Å². The van der Waals surface area contributed by atoms with Gasteiger partial charge in [-0.15, -0.1) is 21.5 Å². The largest absolute Gasteiger partial charge is 0.490 e. The predicted molar refractivity (Wildman–Crippen MR) is 268 cm³/mol. The molecule has 0 unspecified atom stereocenters. The highest BCUT2D eigenvalue weighted by Crippen LogP contribution is 2.41. The van der Waals surface area contributed by atoms with E-state index in [1.807, 2.05) is 76.2 Å². The summed E-state index contributed by atoms with van der Waals surface area (Å²) in [6.07, 6.45) is 2.19. The monoisotopic (exact) mass is 1010 g/mol. The molecule has 18 heteroatoms. The number of aliphatic hydroxyl groups is 1. The van der Waals surface area contributed by atoms with E-state index in [0.717, 1.165) is 52.3 Å². The third-order valence-corrected chi connectivity index (χ3v) is 16.1. The Morgan fingerprint density at radius 3 is 2.23 bits per heavy atom. The molecule has 2 aromatic heterocycles. The van der Waals surface area contributed by atoms with Gasteiger partial charge in [-0.25, -0.2) is 8.42 Å². The average Bonchev–Trinajstić information content (AvgIpc) is 3.94. The Kier molecular flexibility index (Phi) is 14.6. The number of Topliss-reactive ketones (excluding diaryl/α,β-unsaturated/α-hetero) is 1. The Morgan fingerprint density at radius 2 is 1.59 bits per heavy atom. The van der Waals surface area contributed by atoms with Crippen LogP contribution in [0.1, 0.15) is 116 Å². The molecule has 1 saturated carbocycles. The fourth-order valence-electron chi connectivity index (χ4n) is 9.48. The molecule has 3 N–H and O–H groups in total. The maximum atomic E-state index is 14.2. The number of thiophene rings is 1. The van der Waals surface area contributed by atoms with Crippen LogP contribution in [0.2, 0.25) is 5.02 Å². The van der Waals surface area contributed by atoms with E-state index in [-0.39, 0.29) is 54.4 Å². The number of aliphatic imine (C=N–C) groups is 1. The number of likely N-dealkylation sites (tertiary alicyclic amines) is 1. The van der Waals surface area contributed by atoms with Crippen molar-refractivity contribution in [2.75, 3.05) is 12.8 Å². The number of fused-ring (bicyclic) bond motifs is 3. The van der Waals surface area contributed by atoms with Crippen LogP contribution in [0.25, 0.3) is 5.00 Å². The van der Waals surface area contributed by atoms with Gasteiger partial charge in [0, 0.05) is 53.1 Å². The Balaban J connectivity index is 0.837. The Labute approximate surface area is 418 Å². The van der Waals surface area contributed by atoms with Crippen LogP contribution in [0.5, 0.6) is 5.75 Å². The summed E-state index contributed by atoms with van der Waals surface area (Å²) in [5.41, 5.74) is 4.52. The smallest absolute Gasteiger partial charge is 0.246 e. The van der Waals surface area contributed by atoms with Crippen LogP contribution in [0.3, 0.4) is 0 Å². The number of nitrogens with zero attached hydrogens (tertiary/aromatic N) is 5. The minimum absolute atomic E-state index is 0.00842. The van der Waals surface area contributed by atoms with E-state index in [1.165, 1.54) is 21.9 Å². The number of rotatable bonds is 15. The molecule has 0 bridgehead atoms. The fourth-order valence-corrected chi connectivity index (χ4v) is 11.5. The van der Waals surface area contributed by atoms with Gasteiger partial charge in [0.1, 0.15) is 40.5 Å². The molecular formula is C52H60ClN7O8S2. The molecule has 3 aromatic carbocycles. The first-order valence-electron chi connectivity index (χ1n) is 23.6. The van der Waals surface area contributed by atoms with Crippen LogP contribution < -0.4 is 15.4 Å². The summed E-state index contributed by atoms with van der Waals surface area (Å²) >= 11 is 7.94. The lowest BCUT2D eigenvalue weighted by Crippen LogP contribution is -2.58. The summed E-state index contributed by atoms with van der Waals surface area (Å²) in [5.74, 6) is 0.982. The van der Waals surface area contributed by atoms with Gasteiger partial charge in [-0.05, 0) is 105 Å². The predicted octanol–water partition coefficient (Wildman–Crippen LogP) is 7.32. The van der Waals surface area contributed by atoms with Crippen molar-refractivity contribution in [1.29, 1.82) is 0 Å². The van der Waals surface area contributed by atoms with Gasteiger partial charge in [0.25, 0.3) is 0 Å². The number of β-amino-alcohol motifs (C(OH)–C–C–N with tert-alkyl or cyclic N) is 1. The number of carbonyl (C=O) groups is 4. The van der Waals surface area contributed by atoms with Crippen molar-refractivity contribution in [2.24, 2.45) is 16.3 Å². The first kappa shape index (κ1) is 50.6. The molecule has 2 fully saturated rings. The number of ketones is 1. The highest BCUT2D eigenvalue weighted by atomic mass is 35.5. The Hall–Kier alpha value is -5.75. The lowest BCUT2D eigenvalue weighted by molar-refractivity contribution is -0.144. The molecular weight excluding hydrogens is 950 g/mol. The molecule has 0 radical (unpaired) electrons. The standard InChI is InChI=1S/C52H60ClN7O8S2/c1-28-30(3)69-51-45(28)46(35-11-15-36(53)16-12-35)55-42(48-58-57-31(4)60(48)51)25-37(61)21-33-22-40(23-33)68-39-17-9-32(10-18-39)24-44(63)56-47(52(5,6)7)50(65)59-27-38(62)26-43(59)49(64)54-29(2)34-13-19-41(20-14-34)70(8,66)67/h9-20,29,33,38,40,42-43,47,62H,21-27H2,1-8H3,(H,54,64)(H,56,63)/t29-,33?,38-,40?,42+,43+,47-/m1/s1. The van der Waals surface area contributed by atoms with Crippen LogP contribution >= 0.6 is 22.9 Å². The van der Waals surface area contributed by atoms with E-state index < -0.39 is 57.3 Å². The third-order valence-electron chi connectivity index (χ3n) is 13.5. The zero-order valence-electron chi connectivity index (χ0n) is 40.7. The van der Waals surface area contributed by atoms with Gasteiger partial charge < -0.3 is 25.4 Å². The molecule has 4 heterocycles. The number of hydrogen-bond acceptors (Lipinski definition) is 12. The number of aryl methyl sites for hydroxylation is 2. The molecule has 1 aliphatic carbocycles. The number of aromatic nitrogens is 3. The number of sulfone groups is 1. The molecule has 1 saturated heterocycles. The van der Waals surface area contributed by atoms with Crippen molar-refractivity contribution in [3.05, 3.63) is 122 Å². The number of hydrogen-bond donors (Lipinski definition) is 3. The van der Waals surface area contributed by atoms with E-state index in [4.69, 9.17) is 21.3 Å². The lowest BCUT2D eigenvalue weighted by atomic mass is 9.78. The third kappa shape index (κ3) is 11.1. The molecule has 5 aromatic rings. The number of aliphatic hydroxyl groups excluding tert-OH is 1. The highest BCUT2D eigenvalue weighted by molar-refractivity contribution is 7.90. The minimum atomic E-state index is -3.39. The van der Waals surface area contributed by atoms with Crippen molar-refractivity contribution < 1.29 is 37.4 Å². The molecule has 15 nitrogen and oxygen atoms in total. The van der Waals surface area contributed by atoms with Crippen LogP contribution in [-0.4, -0.2) is 99.5 Å². The summed E-state index contributed by atoms with van der Waals surface area (Å²) in [7, 11) is -3.39. The number of carbonyl (C=O) groups excluding carboxylic acids is 4. The Morgan fingerprint density at radius 1 is 0.914 bits per heavy atom. The van der Waals surface area contributed by atoms with Gasteiger partial charge >= 0.3 is 0 Å². The molecule has 3 amide bonds. The number of ether oxygens (including phenoxy) is 1. The van der Waals surface area contributed by atoms with Gasteiger partial charge in [0.05, 0.1) is 35.3 Å². The fraction of sp³-hybridized carbons (Fsp3) is 0.442. The van der Waals surface area contributed by atoms with Crippen molar-refractivity contribution >= 4 is 62.0 Å². The molecule has 0 spiro atoms. The zero-order chi connectivity index (χ0) is 50.4. The van der Waals surface area contributed by atoms with E-state index in [1.54, 1.807) is 30.4 Å². The minimum Gasteiger partial charge on any atom is -0.490 e. The van der Waals surface area contributed by atoms with Crippen molar-refractivity contribution in [1.82, 2.24) is 30.3 Å². The molecule has 370 valence electrons. The van der Waals surface area contributed by atoms with Crippen LogP contribution in [0, 0.1) is 32.1 Å². The zero-order valence-corrected chi connectivity index (χ0v) is 43.0. The first-order chi connectivity index (χ1) is 33.0. The summed E-state index contributed by atoms with van der Waals surface area (Å²) in [6, 6.07) is 18.1. The second-order valence-electron chi connectivity index (χ2n) is 20.1. The first-order valence-corrected chi connectivity index (χ1v) is 26.6. The summed E-state index contributed by atoms with van der Waals surface area (Å²) in [5, 5.41) is 27.0. The number of halogens is 1. The van der Waals surface area contributed by atoms with E-state index in [2.05, 4.69) is 39.2 Å². The average molecular weight is 1010 g/mol. The van der Waals surface area contributed by atoms with Gasteiger partial charge in [0.15, 0.2) is 15.7 Å². The summed E-state index contributed by atoms with van der Waals surface area (Å²) in [4.78, 5) is 63.0. The maximum Gasteiger partial charge on any atom is 0.246 e. The molecule has 5 atom stereocenters. The maximum absolute atomic E-state index is 14.2. The van der Waals surface area contributed by atoms with Crippen LogP contribution in [0.15, 0.2) is 82.7 Å². The van der Waals surface area contributed by atoms with Crippen LogP contribution in [0.4, 0.5) is 0 Å². The Bertz CT molecular complexity index is 2940. The van der Waals surface area contributed by atoms with Gasteiger partial charge in [-0.1, -0.05) is 68.8 Å². The van der Waals surface area contributed by atoms with Crippen molar-refractivity contribution in [3.63, 3.8) is 0 Å². The van der Waals surface area contributed by atoms with Gasteiger partial charge in [-0.3, -0.25) is 28.7 Å². The lowest BCUT2D eigenvalue weighted by Gasteiger charge is -2.35. The number of amides is 3. The molecule has 70 heavy (non-hydrogen) atoms. The number of nitrogens with one attached hydrogen (secondary N) is 2. The second-order valence-corrected chi connectivity index (χ2v) is 23.7. The second kappa shape index (κ2) is 20.2. The molecule has 3 aliphatic rings. The van der Waals surface area contributed by atoms with E-state index >= 15 is 0 Å². The van der Waals surface area contributed by atoms with Gasteiger partial charge in [-0.2, -0.15) is 0 Å². The molecule has 8 rings (SSSR count). The molecule has 2 aliphatic heterocycles. The SMILES string of the molecule is Cc1sc2c(c1C)C(c1ccc(Cl)cc1)=N[C@@H](CC(=O)CC1CC(Oc3ccc(CC(=O)N[C@H](C(=O)N4C[C@H](O)C[C@H]4C(=O)N[C@H](C)c4ccc(S(C)(=O)=O)cc4)C(C)(C)C)cc3)C1)c1nnc(C)n1-2. The van der Waals surface area contributed by atoms with Gasteiger partial charge in [0.2, 0.25) is 17.7 Å². The van der Waals surface area contributed by atoms with Crippen LogP contribution in [-0.2, 0) is 35.4 Å². The quantitative estimate of drug-likeness (QED) is 0.0954.